The molecule has 33 heavy (non-hydrogen) atoms. The largest absolute Gasteiger partial charge is 0.492 e. The van der Waals surface area contributed by atoms with Crippen LogP contribution < -0.4 is 14.2 Å². The van der Waals surface area contributed by atoms with Crippen molar-refractivity contribution in [2.45, 2.75) is 32.2 Å². The van der Waals surface area contributed by atoms with Gasteiger partial charge in [0.15, 0.2) is 17.3 Å². The van der Waals surface area contributed by atoms with Gasteiger partial charge in [-0.25, -0.2) is 0 Å². The van der Waals surface area contributed by atoms with Gasteiger partial charge in [0.25, 0.3) is 0 Å². The number of piperidine rings is 1. The maximum absolute atomic E-state index is 12.8. The van der Waals surface area contributed by atoms with Gasteiger partial charge >= 0.3 is 0 Å². The maximum atomic E-state index is 12.8. The van der Waals surface area contributed by atoms with E-state index in [2.05, 4.69) is 16.8 Å². The van der Waals surface area contributed by atoms with Crippen LogP contribution in [0.1, 0.15) is 36.5 Å². The maximum Gasteiger partial charge on any atom is 0.246 e. The van der Waals surface area contributed by atoms with Crippen molar-refractivity contribution in [1.82, 2.24) is 14.7 Å². The number of carbonyl (C=O) groups excluding carboxylic acids is 2. The highest BCUT2D eigenvalue weighted by Gasteiger charge is 2.27. The molecule has 2 aliphatic rings. The fourth-order valence-corrected chi connectivity index (χ4v) is 4.63. The fraction of sp³-hybridized carbons (Fsp3) is 0.600. The lowest BCUT2D eigenvalue weighted by atomic mass is 10.0. The Kier molecular flexibility index (Phi) is 9.14. The molecule has 0 saturated carbocycles. The summed E-state index contributed by atoms with van der Waals surface area (Å²) in [6.07, 6.45) is 5.82. The monoisotopic (exact) mass is 459 g/mol. The van der Waals surface area contributed by atoms with E-state index in [0.29, 0.717) is 48.6 Å². The molecule has 1 aromatic rings. The molecule has 0 aromatic heterocycles. The molecule has 1 amide bonds. The van der Waals surface area contributed by atoms with Crippen molar-refractivity contribution in [3.8, 4) is 17.2 Å². The molecule has 0 bridgehead atoms. The smallest absolute Gasteiger partial charge is 0.246 e. The zero-order valence-corrected chi connectivity index (χ0v) is 20.3. The fourth-order valence-electron chi connectivity index (χ4n) is 4.63. The number of likely N-dealkylation sites (tertiary alicyclic amines) is 1. The molecule has 0 radical (unpaired) electrons. The number of hydrogen-bond donors (Lipinski definition) is 0. The number of hydrogen-bond acceptors (Lipinski definition) is 7. The average molecular weight is 460 g/mol. The molecule has 2 fully saturated rings. The van der Waals surface area contributed by atoms with Crippen molar-refractivity contribution < 1.29 is 23.8 Å². The first-order valence-electron chi connectivity index (χ1n) is 11.8. The predicted octanol–water partition coefficient (Wildman–Crippen LogP) is 2.47. The van der Waals surface area contributed by atoms with Crippen molar-refractivity contribution in [3.63, 3.8) is 0 Å². The van der Waals surface area contributed by atoms with Gasteiger partial charge in [-0.2, -0.15) is 0 Å². The minimum Gasteiger partial charge on any atom is -0.492 e. The van der Waals surface area contributed by atoms with E-state index in [9.17, 15) is 9.59 Å². The van der Waals surface area contributed by atoms with Crippen molar-refractivity contribution in [1.29, 1.82) is 0 Å². The standard InChI is InChI=1S/C25H37N3O5/c1-5-33-22-9-7-20(24(31-3)25(22)32-4)21(29)8-10-23(30)28-15-11-19(12-16-28)27-14-6-13-26(2)17-18-27/h7-10,19H,5-6,11-18H2,1-4H3. The lowest BCUT2D eigenvalue weighted by molar-refractivity contribution is -0.127. The van der Waals surface area contributed by atoms with E-state index in [1.54, 1.807) is 12.1 Å². The van der Waals surface area contributed by atoms with Crippen LogP contribution in [0.5, 0.6) is 17.2 Å². The van der Waals surface area contributed by atoms with Crippen LogP contribution in [-0.2, 0) is 4.79 Å². The van der Waals surface area contributed by atoms with E-state index in [4.69, 9.17) is 14.2 Å². The summed E-state index contributed by atoms with van der Waals surface area (Å²) in [7, 11) is 5.16. The summed E-state index contributed by atoms with van der Waals surface area (Å²) in [5.74, 6) is 0.730. The van der Waals surface area contributed by atoms with Crippen LogP contribution >= 0.6 is 0 Å². The molecule has 2 saturated heterocycles. The molecule has 2 aliphatic heterocycles. The quantitative estimate of drug-likeness (QED) is 0.437. The molecule has 182 valence electrons. The first-order valence-corrected chi connectivity index (χ1v) is 11.8. The minimum atomic E-state index is -0.315. The Labute approximate surface area is 197 Å². The molecule has 0 unspecified atom stereocenters. The molecule has 0 atom stereocenters. The molecular formula is C25H37N3O5. The minimum absolute atomic E-state index is 0.130. The Balaban J connectivity index is 1.59. The molecule has 0 aliphatic carbocycles. The molecule has 0 N–H and O–H groups in total. The van der Waals surface area contributed by atoms with Gasteiger partial charge in [-0.1, -0.05) is 0 Å². The lowest BCUT2D eigenvalue weighted by Gasteiger charge is -2.37. The van der Waals surface area contributed by atoms with Crippen molar-refractivity contribution >= 4 is 11.7 Å². The van der Waals surface area contributed by atoms with E-state index < -0.39 is 0 Å². The van der Waals surface area contributed by atoms with Crippen LogP contribution in [-0.4, -0.2) is 99.6 Å². The highest BCUT2D eigenvalue weighted by Crippen LogP contribution is 2.40. The van der Waals surface area contributed by atoms with Crippen LogP contribution in [0, 0.1) is 0 Å². The van der Waals surface area contributed by atoms with Crippen LogP contribution in [0.15, 0.2) is 24.3 Å². The summed E-state index contributed by atoms with van der Waals surface area (Å²) >= 11 is 0. The summed E-state index contributed by atoms with van der Waals surface area (Å²) in [6, 6.07) is 3.85. The van der Waals surface area contributed by atoms with Crippen LogP contribution in [0.3, 0.4) is 0 Å². The SMILES string of the molecule is CCOc1ccc(C(=O)C=CC(=O)N2CCC(N3CCCN(C)CC3)CC2)c(OC)c1OC. The van der Waals surface area contributed by atoms with Crippen LogP contribution in [0.4, 0.5) is 0 Å². The first kappa shape index (κ1) is 25.1. The number of rotatable bonds is 8. The second kappa shape index (κ2) is 12.0. The number of carbonyl (C=O) groups is 2. The summed E-state index contributed by atoms with van der Waals surface area (Å²) in [6.45, 7) is 8.24. The molecule has 8 nitrogen and oxygen atoms in total. The first-order chi connectivity index (χ1) is 16.0. The Hall–Kier alpha value is -2.58. The van der Waals surface area contributed by atoms with E-state index in [0.717, 1.165) is 39.0 Å². The number of amides is 1. The highest BCUT2D eigenvalue weighted by atomic mass is 16.5. The van der Waals surface area contributed by atoms with E-state index in [1.165, 1.54) is 32.8 Å². The molecule has 2 heterocycles. The molecule has 0 spiro atoms. The summed E-state index contributed by atoms with van der Waals surface area (Å²) in [5, 5.41) is 0. The Morgan fingerprint density at radius 2 is 1.70 bits per heavy atom. The summed E-state index contributed by atoms with van der Waals surface area (Å²) in [4.78, 5) is 32.3. The average Bonchev–Trinajstić information content (AvgIpc) is 3.06. The van der Waals surface area contributed by atoms with Gasteiger partial charge in [0.2, 0.25) is 11.7 Å². The second-order valence-corrected chi connectivity index (χ2v) is 8.56. The van der Waals surface area contributed by atoms with Crippen LogP contribution in [0.2, 0.25) is 0 Å². The van der Waals surface area contributed by atoms with Crippen LogP contribution in [0.25, 0.3) is 0 Å². The normalized spacial score (nSPS) is 18.8. The predicted molar refractivity (Wildman–Crippen MR) is 127 cm³/mol. The Morgan fingerprint density at radius 3 is 2.36 bits per heavy atom. The number of allylic oxidation sites excluding steroid dienone is 1. The van der Waals surface area contributed by atoms with Gasteiger partial charge in [0.05, 0.1) is 26.4 Å². The Bertz CT molecular complexity index is 849. The third-order valence-electron chi connectivity index (χ3n) is 6.47. The summed E-state index contributed by atoms with van der Waals surface area (Å²) < 4.78 is 16.4. The summed E-state index contributed by atoms with van der Waals surface area (Å²) in [5.41, 5.74) is 0.326. The van der Waals surface area contributed by atoms with E-state index >= 15 is 0 Å². The number of methoxy groups -OCH3 is 2. The van der Waals surface area contributed by atoms with Gasteiger partial charge in [0, 0.05) is 38.3 Å². The van der Waals surface area contributed by atoms with E-state index in [1.807, 2.05) is 11.8 Å². The van der Waals surface area contributed by atoms with Crippen molar-refractivity contribution in [2.24, 2.45) is 0 Å². The molecule has 8 heteroatoms. The third-order valence-corrected chi connectivity index (χ3v) is 6.47. The van der Waals surface area contributed by atoms with Gasteiger partial charge in [-0.05, 0) is 64.5 Å². The van der Waals surface area contributed by atoms with Crippen molar-refractivity contribution in [2.75, 3.05) is 67.1 Å². The highest BCUT2D eigenvalue weighted by molar-refractivity contribution is 6.09. The van der Waals surface area contributed by atoms with Gasteiger partial charge < -0.3 is 24.0 Å². The zero-order chi connectivity index (χ0) is 23.8. The lowest BCUT2D eigenvalue weighted by Crippen LogP contribution is -2.47. The molecular weight excluding hydrogens is 422 g/mol. The Morgan fingerprint density at radius 1 is 0.970 bits per heavy atom. The number of ether oxygens (including phenoxy) is 3. The van der Waals surface area contributed by atoms with E-state index in [-0.39, 0.29) is 11.7 Å². The second-order valence-electron chi connectivity index (χ2n) is 8.56. The molecule has 3 rings (SSSR count). The number of likely N-dealkylation sites (N-methyl/N-ethyl adjacent to an activating group) is 1. The topological polar surface area (TPSA) is 71.6 Å². The number of nitrogens with zero attached hydrogens (tertiary/aromatic N) is 3. The third kappa shape index (κ3) is 6.26. The zero-order valence-electron chi connectivity index (χ0n) is 20.3. The molecule has 1 aromatic carbocycles. The number of benzene rings is 1. The van der Waals surface area contributed by atoms with Crippen molar-refractivity contribution in [3.05, 3.63) is 29.8 Å². The van der Waals surface area contributed by atoms with Gasteiger partial charge in [0.1, 0.15) is 0 Å². The number of ketones is 1. The van der Waals surface area contributed by atoms with Gasteiger partial charge in [-0.15, -0.1) is 0 Å². The van der Waals surface area contributed by atoms with Gasteiger partial charge in [-0.3, -0.25) is 14.5 Å².